The average Bonchev–Trinajstić information content (AvgIpc) is 3.42. The van der Waals surface area contributed by atoms with Crippen LogP contribution in [-0.4, -0.2) is 71.3 Å². The van der Waals surface area contributed by atoms with Gasteiger partial charge in [0.15, 0.2) is 19.7 Å². The number of aryl methyl sites for hydroxylation is 1. The number of ether oxygens (including phenoxy) is 1. The maximum atomic E-state index is 13.6. The van der Waals surface area contributed by atoms with Gasteiger partial charge in [-0.05, 0) is 56.1 Å². The van der Waals surface area contributed by atoms with E-state index in [2.05, 4.69) is 22.3 Å². The molecule has 0 aromatic heterocycles. The number of sulfone groups is 2. The number of likely N-dealkylation sites (tertiary alicyclic amines) is 1. The van der Waals surface area contributed by atoms with Gasteiger partial charge in [-0.15, -0.1) is 0 Å². The third-order valence-electron chi connectivity index (χ3n) is 6.66. The van der Waals surface area contributed by atoms with Crippen molar-refractivity contribution in [2.24, 2.45) is 0 Å². The van der Waals surface area contributed by atoms with Crippen molar-refractivity contribution in [3.05, 3.63) is 59.7 Å². The maximum Gasteiger partial charge on any atom is 0.187 e. The third-order valence-corrected chi connectivity index (χ3v) is 10.8. The Kier molecular flexibility index (Phi) is 7.14. The van der Waals surface area contributed by atoms with Gasteiger partial charge in [0.2, 0.25) is 0 Å². The predicted molar refractivity (Wildman–Crippen MR) is 129 cm³/mol. The molecule has 2 aliphatic heterocycles. The van der Waals surface area contributed by atoms with Gasteiger partial charge in [-0.3, -0.25) is 4.90 Å². The molecule has 33 heavy (non-hydrogen) atoms. The highest BCUT2D eigenvalue weighted by Gasteiger charge is 2.46. The lowest BCUT2D eigenvalue weighted by atomic mass is 10.0. The molecule has 0 bridgehead atoms. The van der Waals surface area contributed by atoms with E-state index in [9.17, 15) is 16.8 Å². The molecule has 2 aromatic carbocycles. The minimum absolute atomic E-state index is 0.0538. The third kappa shape index (κ3) is 5.26. The summed E-state index contributed by atoms with van der Waals surface area (Å²) in [4.78, 5) is 2.44. The van der Waals surface area contributed by atoms with Crippen LogP contribution in [0.1, 0.15) is 30.0 Å². The summed E-state index contributed by atoms with van der Waals surface area (Å²) in [6, 6.07) is 14.4. The van der Waals surface area contributed by atoms with E-state index in [1.807, 2.05) is 18.2 Å². The van der Waals surface area contributed by atoms with Crippen LogP contribution >= 0.6 is 0 Å². The molecule has 2 saturated heterocycles. The first-order valence-electron chi connectivity index (χ1n) is 11.3. The largest absolute Gasteiger partial charge is 0.495 e. The normalized spacial score (nSPS) is 24.1. The lowest BCUT2D eigenvalue weighted by molar-refractivity contribution is 0.234. The van der Waals surface area contributed by atoms with Gasteiger partial charge in [0.25, 0.3) is 0 Å². The monoisotopic (exact) mass is 492 g/mol. The lowest BCUT2D eigenvalue weighted by Gasteiger charge is -2.30. The fourth-order valence-electron chi connectivity index (χ4n) is 4.93. The Labute approximate surface area is 197 Å². The molecule has 2 fully saturated rings. The van der Waals surface area contributed by atoms with Crippen molar-refractivity contribution < 1.29 is 21.6 Å². The summed E-state index contributed by atoms with van der Waals surface area (Å²) in [5, 5.41) is 2.29. The van der Waals surface area contributed by atoms with E-state index in [1.54, 1.807) is 25.1 Å². The van der Waals surface area contributed by atoms with E-state index in [-0.39, 0.29) is 28.2 Å². The highest BCUT2D eigenvalue weighted by Crippen LogP contribution is 2.33. The molecule has 2 aliphatic rings. The first-order chi connectivity index (χ1) is 15.7. The highest BCUT2D eigenvalue weighted by molar-refractivity contribution is 7.96. The molecule has 0 saturated carbocycles. The van der Waals surface area contributed by atoms with Gasteiger partial charge in [0, 0.05) is 18.6 Å². The minimum atomic E-state index is -3.94. The van der Waals surface area contributed by atoms with Gasteiger partial charge in [0.1, 0.15) is 10.6 Å². The smallest absolute Gasteiger partial charge is 0.187 e. The Morgan fingerprint density at radius 1 is 1.09 bits per heavy atom. The predicted octanol–water partition coefficient (Wildman–Crippen LogP) is 2.37. The van der Waals surface area contributed by atoms with Crippen LogP contribution in [0.5, 0.6) is 5.75 Å². The fourth-order valence-corrected chi connectivity index (χ4v) is 9.89. The van der Waals surface area contributed by atoms with Crippen molar-refractivity contribution in [3.63, 3.8) is 0 Å². The van der Waals surface area contributed by atoms with Crippen LogP contribution in [-0.2, 0) is 19.7 Å². The standard InChI is InChI=1S/C24H32N2O5S2/c1-18-10-11-22(31-2)23(14-18)33(29,30)24-17-32(27,28)16-20(24)25-15-21(26-12-6-7-13-26)19-8-4-3-5-9-19/h3-5,8-11,14,20-21,24-25H,6-7,12-13,15-17H2,1-2H3/t20-,21?,24-/m0/s1. The summed E-state index contributed by atoms with van der Waals surface area (Å²) in [5.74, 6) is -0.334. The minimum Gasteiger partial charge on any atom is -0.495 e. The molecule has 1 unspecified atom stereocenters. The maximum absolute atomic E-state index is 13.6. The van der Waals surface area contributed by atoms with Crippen molar-refractivity contribution in [2.75, 3.05) is 38.2 Å². The quantitative estimate of drug-likeness (QED) is 0.605. The lowest BCUT2D eigenvalue weighted by Crippen LogP contribution is -2.46. The Hall–Kier alpha value is -1.94. The van der Waals surface area contributed by atoms with E-state index >= 15 is 0 Å². The number of nitrogens with zero attached hydrogens (tertiary/aromatic N) is 1. The van der Waals surface area contributed by atoms with Crippen LogP contribution in [0.25, 0.3) is 0 Å². The number of benzene rings is 2. The van der Waals surface area contributed by atoms with Crippen LogP contribution < -0.4 is 10.1 Å². The Bertz CT molecular complexity index is 1180. The van der Waals surface area contributed by atoms with Gasteiger partial charge >= 0.3 is 0 Å². The molecule has 7 nitrogen and oxygen atoms in total. The SMILES string of the molecule is COc1ccc(C)cc1S(=O)(=O)[C@H]1CS(=O)(=O)C[C@@H]1NCC(c1ccccc1)N1CCCC1. The van der Waals surface area contributed by atoms with Crippen LogP contribution in [0, 0.1) is 6.92 Å². The number of hydrogen-bond donors (Lipinski definition) is 1. The number of hydrogen-bond acceptors (Lipinski definition) is 7. The zero-order valence-corrected chi connectivity index (χ0v) is 20.7. The second-order valence-corrected chi connectivity index (χ2v) is 13.3. The van der Waals surface area contributed by atoms with E-state index < -0.39 is 31.0 Å². The number of nitrogens with one attached hydrogen (secondary N) is 1. The fraction of sp³-hybridized carbons (Fsp3) is 0.500. The number of methoxy groups -OCH3 is 1. The van der Waals surface area contributed by atoms with Gasteiger partial charge in [-0.2, -0.15) is 0 Å². The summed E-state index contributed by atoms with van der Waals surface area (Å²) < 4.78 is 57.7. The summed E-state index contributed by atoms with van der Waals surface area (Å²) in [6.45, 7) is 4.25. The summed E-state index contributed by atoms with van der Waals surface area (Å²) in [6.07, 6.45) is 2.26. The first-order valence-corrected chi connectivity index (χ1v) is 14.7. The van der Waals surface area contributed by atoms with Crippen LogP contribution in [0.4, 0.5) is 0 Å². The van der Waals surface area contributed by atoms with Crippen molar-refractivity contribution >= 4 is 19.7 Å². The van der Waals surface area contributed by atoms with Gasteiger partial charge in [0.05, 0.1) is 23.9 Å². The van der Waals surface area contributed by atoms with E-state index in [0.29, 0.717) is 6.54 Å². The van der Waals surface area contributed by atoms with Gasteiger partial charge in [-0.25, -0.2) is 16.8 Å². The molecule has 0 amide bonds. The van der Waals surface area contributed by atoms with Crippen LogP contribution in [0.2, 0.25) is 0 Å². The molecule has 0 radical (unpaired) electrons. The van der Waals surface area contributed by atoms with Gasteiger partial charge in [-0.1, -0.05) is 36.4 Å². The molecular weight excluding hydrogens is 460 g/mol. The zero-order chi connectivity index (χ0) is 23.6. The van der Waals surface area contributed by atoms with Crippen molar-refractivity contribution in [1.29, 1.82) is 0 Å². The molecule has 2 aromatic rings. The molecule has 9 heteroatoms. The topological polar surface area (TPSA) is 92.8 Å². The van der Waals surface area contributed by atoms with Crippen LogP contribution in [0.15, 0.2) is 53.4 Å². The second-order valence-electron chi connectivity index (χ2n) is 9.00. The molecule has 2 heterocycles. The molecule has 180 valence electrons. The van der Waals surface area contributed by atoms with Crippen LogP contribution in [0.3, 0.4) is 0 Å². The Balaban J connectivity index is 1.61. The van der Waals surface area contributed by atoms with Crippen molar-refractivity contribution in [2.45, 2.75) is 42.0 Å². The molecule has 1 N–H and O–H groups in total. The Morgan fingerprint density at radius 3 is 2.45 bits per heavy atom. The average molecular weight is 493 g/mol. The van der Waals surface area contributed by atoms with Crippen molar-refractivity contribution in [3.8, 4) is 5.75 Å². The van der Waals surface area contributed by atoms with Gasteiger partial charge < -0.3 is 10.1 Å². The van der Waals surface area contributed by atoms with Crippen molar-refractivity contribution in [1.82, 2.24) is 10.2 Å². The zero-order valence-electron chi connectivity index (χ0n) is 19.1. The molecule has 0 aliphatic carbocycles. The second kappa shape index (κ2) is 9.74. The molecule has 0 spiro atoms. The highest BCUT2D eigenvalue weighted by atomic mass is 32.2. The molecule has 3 atom stereocenters. The summed E-state index contributed by atoms with van der Waals surface area (Å²) >= 11 is 0. The molecular formula is C24H32N2O5S2. The Morgan fingerprint density at radius 2 is 1.79 bits per heavy atom. The summed E-state index contributed by atoms with van der Waals surface area (Å²) in [7, 11) is -6.01. The molecule has 4 rings (SSSR count). The number of rotatable bonds is 8. The van der Waals surface area contributed by atoms with E-state index in [4.69, 9.17) is 4.74 Å². The first kappa shape index (κ1) is 24.2. The van der Waals surface area contributed by atoms with E-state index in [0.717, 1.165) is 37.1 Å². The summed E-state index contributed by atoms with van der Waals surface area (Å²) in [5.41, 5.74) is 1.92. The van der Waals surface area contributed by atoms with E-state index in [1.165, 1.54) is 7.11 Å².